The zero-order chi connectivity index (χ0) is 13.2. The summed E-state index contributed by atoms with van der Waals surface area (Å²) in [5.74, 6) is -0.261. The molecule has 0 atom stereocenters. The molecule has 3 rings (SSSR count). The largest absolute Gasteiger partial charge is 0.325 e. The van der Waals surface area contributed by atoms with Crippen LogP contribution in [0.4, 0.5) is 4.39 Å². The lowest BCUT2D eigenvalue weighted by atomic mass is 10.2. The molecule has 0 aliphatic rings. The number of thiazole rings is 1. The summed E-state index contributed by atoms with van der Waals surface area (Å²) >= 11 is 1.44. The standard InChI is InChI=1S/C12H10FN5S/c13-9-3-1-8(2-4-9)11-7-19-12(15-11)18-6-10(5-14)16-17-18/h1-4,6-7H,5,14H2. The molecule has 5 nitrogen and oxygen atoms in total. The van der Waals surface area contributed by atoms with Crippen molar-refractivity contribution in [1.82, 2.24) is 20.0 Å². The highest BCUT2D eigenvalue weighted by molar-refractivity contribution is 7.12. The van der Waals surface area contributed by atoms with E-state index in [4.69, 9.17) is 5.73 Å². The van der Waals surface area contributed by atoms with Crippen LogP contribution in [0.15, 0.2) is 35.8 Å². The maximum Gasteiger partial charge on any atom is 0.212 e. The van der Waals surface area contributed by atoms with Gasteiger partial charge in [0.05, 0.1) is 17.6 Å². The molecular formula is C12H10FN5S. The van der Waals surface area contributed by atoms with Crippen molar-refractivity contribution >= 4 is 11.3 Å². The Morgan fingerprint density at radius 2 is 2.05 bits per heavy atom. The molecule has 96 valence electrons. The minimum absolute atomic E-state index is 0.261. The van der Waals surface area contributed by atoms with Crippen LogP contribution in [0.3, 0.4) is 0 Å². The van der Waals surface area contributed by atoms with Crippen molar-refractivity contribution < 1.29 is 4.39 Å². The maximum atomic E-state index is 12.9. The molecule has 0 unspecified atom stereocenters. The molecule has 2 N–H and O–H groups in total. The third-order valence-corrected chi connectivity index (χ3v) is 3.41. The molecule has 0 bridgehead atoms. The first kappa shape index (κ1) is 11.9. The predicted octanol–water partition coefficient (Wildman–Crippen LogP) is 1.99. The lowest BCUT2D eigenvalue weighted by Gasteiger charge is -1.95. The van der Waals surface area contributed by atoms with Crippen molar-refractivity contribution in [3.63, 3.8) is 0 Å². The number of aromatic nitrogens is 4. The van der Waals surface area contributed by atoms with Crippen LogP contribution in [0.2, 0.25) is 0 Å². The van der Waals surface area contributed by atoms with Crippen molar-refractivity contribution in [2.45, 2.75) is 6.54 Å². The molecule has 0 aliphatic heterocycles. The molecular weight excluding hydrogens is 265 g/mol. The second-order valence-electron chi connectivity index (χ2n) is 3.88. The number of benzene rings is 1. The van der Waals surface area contributed by atoms with Gasteiger partial charge in [0, 0.05) is 17.5 Å². The van der Waals surface area contributed by atoms with E-state index in [1.54, 1.807) is 23.0 Å². The molecule has 7 heteroatoms. The van der Waals surface area contributed by atoms with Gasteiger partial charge >= 0.3 is 0 Å². The molecule has 0 saturated carbocycles. The summed E-state index contributed by atoms with van der Waals surface area (Å²) in [6.45, 7) is 0.343. The zero-order valence-electron chi connectivity index (χ0n) is 9.82. The van der Waals surface area contributed by atoms with Gasteiger partial charge in [-0.05, 0) is 24.3 Å². The van der Waals surface area contributed by atoms with Gasteiger partial charge in [-0.3, -0.25) is 0 Å². The SMILES string of the molecule is NCc1cn(-c2nc(-c3ccc(F)cc3)cs2)nn1. The molecule has 3 aromatic rings. The van der Waals surface area contributed by atoms with E-state index in [0.717, 1.165) is 11.3 Å². The van der Waals surface area contributed by atoms with E-state index in [1.807, 2.05) is 5.38 Å². The number of rotatable bonds is 3. The van der Waals surface area contributed by atoms with E-state index < -0.39 is 0 Å². The highest BCUT2D eigenvalue weighted by Crippen LogP contribution is 2.23. The Labute approximate surface area is 112 Å². The van der Waals surface area contributed by atoms with Crippen molar-refractivity contribution in [1.29, 1.82) is 0 Å². The predicted molar refractivity (Wildman–Crippen MR) is 70.3 cm³/mol. The molecule has 19 heavy (non-hydrogen) atoms. The summed E-state index contributed by atoms with van der Waals surface area (Å²) in [6, 6.07) is 6.22. The van der Waals surface area contributed by atoms with Crippen molar-refractivity contribution in [3.8, 4) is 16.4 Å². The van der Waals surface area contributed by atoms with Gasteiger partial charge in [0.1, 0.15) is 5.82 Å². The number of nitrogens with two attached hydrogens (primary N) is 1. The molecule has 0 radical (unpaired) electrons. The van der Waals surface area contributed by atoms with E-state index >= 15 is 0 Å². The van der Waals surface area contributed by atoms with Crippen LogP contribution in [-0.4, -0.2) is 20.0 Å². The average molecular weight is 275 g/mol. The Bertz CT molecular complexity index is 688. The Hall–Kier alpha value is -2.12. The summed E-state index contributed by atoms with van der Waals surface area (Å²) in [7, 11) is 0. The fraction of sp³-hybridized carbons (Fsp3) is 0.0833. The normalized spacial score (nSPS) is 10.8. The first-order valence-corrected chi connectivity index (χ1v) is 6.47. The monoisotopic (exact) mass is 275 g/mol. The molecule has 0 fully saturated rings. The highest BCUT2D eigenvalue weighted by atomic mass is 32.1. The van der Waals surface area contributed by atoms with Crippen molar-refractivity contribution in [2.24, 2.45) is 5.73 Å². The average Bonchev–Trinajstić information content (AvgIpc) is 3.08. The van der Waals surface area contributed by atoms with E-state index in [2.05, 4.69) is 15.3 Å². The van der Waals surface area contributed by atoms with Crippen molar-refractivity contribution in [2.75, 3.05) is 0 Å². The van der Waals surface area contributed by atoms with Gasteiger partial charge in [0.15, 0.2) is 0 Å². The van der Waals surface area contributed by atoms with Crippen LogP contribution in [0.25, 0.3) is 16.4 Å². The number of hydrogen-bond acceptors (Lipinski definition) is 5. The van der Waals surface area contributed by atoms with E-state index in [-0.39, 0.29) is 5.82 Å². The fourth-order valence-corrected chi connectivity index (χ4v) is 2.36. The van der Waals surface area contributed by atoms with E-state index in [0.29, 0.717) is 17.4 Å². The molecule has 1 aromatic carbocycles. The maximum absolute atomic E-state index is 12.9. The number of nitrogens with zero attached hydrogens (tertiary/aromatic N) is 4. The smallest absolute Gasteiger partial charge is 0.212 e. The van der Waals surface area contributed by atoms with Crippen LogP contribution in [-0.2, 0) is 6.54 Å². The Morgan fingerprint density at radius 3 is 2.74 bits per heavy atom. The van der Waals surface area contributed by atoms with Crippen LogP contribution in [0.1, 0.15) is 5.69 Å². The summed E-state index contributed by atoms with van der Waals surface area (Å²) in [6.07, 6.45) is 1.74. The third kappa shape index (κ3) is 2.38. The van der Waals surface area contributed by atoms with Gasteiger partial charge in [0.2, 0.25) is 5.13 Å². The Balaban J connectivity index is 1.92. The lowest BCUT2D eigenvalue weighted by Crippen LogP contribution is -1.95. The summed E-state index contributed by atoms with van der Waals surface area (Å²) in [5.41, 5.74) is 7.84. The zero-order valence-corrected chi connectivity index (χ0v) is 10.6. The first-order chi connectivity index (χ1) is 9.26. The van der Waals surface area contributed by atoms with Gasteiger partial charge in [-0.1, -0.05) is 5.21 Å². The van der Waals surface area contributed by atoms with Gasteiger partial charge in [-0.25, -0.2) is 9.37 Å². The van der Waals surface area contributed by atoms with Crippen LogP contribution < -0.4 is 5.73 Å². The summed E-state index contributed by atoms with van der Waals surface area (Å²) in [5, 5.41) is 10.5. The Kier molecular flexibility index (Phi) is 3.06. The number of halogens is 1. The molecule has 2 aromatic heterocycles. The van der Waals surface area contributed by atoms with Crippen molar-refractivity contribution in [3.05, 3.63) is 47.4 Å². The van der Waals surface area contributed by atoms with Crippen LogP contribution in [0, 0.1) is 5.82 Å². The number of hydrogen-bond donors (Lipinski definition) is 1. The van der Waals surface area contributed by atoms with Gasteiger partial charge in [-0.15, -0.1) is 16.4 Å². The second-order valence-corrected chi connectivity index (χ2v) is 4.72. The van der Waals surface area contributed by atoms with E-state index in [1.165, 1.54) is 23.5 Å². The minimum Gasteiger partial charge on any atom is -0.325 e. The van der Waals surface area contributed by atoms with Crippen LogP contribution in [0.5, 0.6) is 0 Å². The summed E-state index contributed by atoms with van der Waals surface area (Å²) in [4.78, 5) is 4.44. The minimum atomic E-state index is -0.261. The van der Waals surface area contributed by atoms with Gasteiger partial charge < -0.3 is 5.73 Å². The third-order valence-electron chi connectivity index (χ3n) is 2.58. The molecule has 2 heterocycles. The molecule has 0 aliphatic carbocycles. The molecule has 0 amide bonds. The summed E-state index contributed by atoms with van der Waals surface area (Å²) < 4.78 is 14.4. The molecule has 0 saturated heterocycles. The lowest BCUT2D eigenvalue weighted by molar-refractivity contribution is 0.628. The first-order valence-electron chi connectivity index (χ1n) is 5.59. The fourth-order valence-electron chi connectivity index (χ4n) is 1.61. The topological polar surface area (TPSA) is 69.6 Å². The van der Waals surface area contributed by atoms with E-state index in [9.17, 15) is 4.39 Å². The highest BCUT2D eigenvalue weighted by Gasteiger charge is 2.08. The second kappa shape index (κ2) is 4.87. The quantitative estimate of drug-likeness (QED) is 0.793. The Morgan fingerprint density at radius 1 is 1.26 bits per heavy atom. The molecule has 0 spiro atoms. The van der Waals surface area contributed by atoms with Gasteiger partial charge in [0.25, 0.3) is 0 Å². The van der Waals surface area contributed by atoms with Crippen LogP contribution >= 0.6 is 11.3 Å². The van der Waals surface area contributed by atoms with Gasteiger partial charge in [-0.2, -0.15) is 4.68 Å².